The summed E-state index contributed by atoms with van der Waals surface area (Å²) in [5.74, 6) is -0.863. The van der Waals surface area contributed by atoms with E-state index in [0.29, 0.717) is 6.42 Å². The number of nitrogens with one attached hydrogen (secondary N) is 2. The van der Waals surface area contributed by atoms with E-state index in [1.807, 2.05) is 71.3 Å². The molecule has 2 aromatic carbocycles. The van der Waals surface area contributed by atoms with Crippen molar-refractivity contribution in [3.8, 4) is 10.4 Å². The van der Waals surface area contributed by atoms with E-state index in [0.717, 1.165) is 85.0 Å². The zero-order valence-corrected chi connectivity index (χ0v) is 37.1. The van der Waals surface area contributed by atoms with E-state index in [1.54, 1.807) is 35.6 Å². The number of hydrogen-bond acceptors (Lipinski definition) is 9. The molecule has 1 fully saturated rings. The lowest BCUT2D eigenvalue weighted by atomic mass is 9.85. The maximum Gasteiger partial charge on any atom is 0.296 e. The Bertz CT molecular complexity index is 1860. The third-order valence-corrected chi connectivity index (χ3v) is 13.2. The van der Waals surface area contributed by atoms with Crippen molar-refractivity contribution >= 4 is 39.2 Å². The van der Waals surface area contributed by atoms with Crippen molar-refractivity contribution in [3.63, 3.8) is 0 Å². The summed E-state index contributed by atoms with van der Waals surface area (Å²) >= 11 is 1.59. The summed E-state index contributed by atoms with van der Waals surface area (Å²) in [4.78, 5) is 47.8. The van der Waals surface area contributed by atoms with Gasteiger partial charge in [0.15, 0.2) is 0 Å². The predicted molar refractivity (Wildman–Crippen MR) is 231 cm³/mol. The number of β-amino-alcohol motifs (C(OH)–C–C–N with tert-alkyl or cyclic N) is 1. The van der Waals surface area contributed by atoms with Crippen LogP contribution >= 0.6 is 11.3 Å². The number of nitrogens with zero attached hydrogens (tertiary/aromatic N) is 2. The van der Waals surface area contributed by atoms with Crippen LogP contribution in [0.15, 0.2) is 58.9 Å². The molecule has 1 aromatic heterocycles. The second-order valence-electron chi connectivity index (χ2n) is 17.0. The van der Waals surface area contributed by atoms with E-state index < -0.39 is 33.7 Å². The molecule has 4 rings (SSSR count). The molecule has 0 radical (unpaired) electrons. The van der Waals surface area contributed by atoms with Gasteiger partial charge < -0.3 is 20.6 Å². The first kappa shape index (κ1) is 47.0. The molecule has 11 nitrogen and oxygen atoms in total. The van der Waals surface area contributed by atoms with Crippen LogP contribution in [-0.4, -0.2) is 72.5 Å². The number of carbonyl (C=O) groups is 3. The fraction of sp³-hybridized carbons (Fsp3) is 0.600. The minimum absolute atomic E-state index is 0.0374. The average Bonchev–Trinajstić information content (AvgIpc) is 3.80. The Labute approximate surface area is 350 Å². The van der Waals surface area contributed by atoms with E-state index >= 15 is 0 Å². The summed E-state index contributed by atoms with van der Waals surface area (Å²) in [6.45, 7) is 11.7. The van der Waals surface area contributed by atoms with Crippen molar-refractivity contribution in [1.29, 1.82) is 0 Å². The van der Waals surface area contributed by atoms with Crippen LogP contribution in [0.3, 0.4) is 0 Å². The van der Waals surface area contributed by atoms with Crippen LogP contribution in [0, 0.1) is 19.3 Å². The quantitative estimate of drug-likeness (QED) is 0.0634. The van der Waals surface area contributed by atoms with Gasteiger partial charge in [-0.1, -0.05) is 127 Å². The molecule has 0 bridgehead atoms. The van der Waals surface area contributed by atoms with Gasteiger partial charge in [0.25, 0.3) is 10.1 Å². The van der Waals surface area contributed by atoms with E-state index in [9.17, 15) is 27.9 Å². The highest BCUT2D eigenvalue weighted by Gasteiger charge is 2.44. The molecule has 58 heavy (non-hydrogen) atoms. The van der Waals surface area contributed by atoms with Gasteiger partial charge in [-0.25, -0.2) is 4.98 Å². The predicted octanol–water partition coefficient (Wildman–Crippen LogP) is 8.57. The molecule has 0 aliphatic carbocycles. The molecule has 3 amide bonds. The Morgan fingerprint density at radius 1 is 0.862 bits per heavy atom. The topological polar surface area (TPSA) is 155 Å². The van der Waals surface area contributed by atoms with E-state index in [-0.39, 0.29) is 48.2 Å². The number of thiazole rings is 1. The van der Waals surface area contributed by atoms with Gasteiger partial charge in [-0.2, -0.15) is 8.42 Å². The fourth-order valence-electron chi connectivity index (χ4n) is 7.35. The van der Waals surface area contributed by atoms with Crippen LogP contribution in [0.25, 0.3) is 10.4 Å². The third-order valence-electron chi connectivity index (χ3n) is 10.9. The van der Waals surface area contributed by atoms with E-state index in [1.165, 1.54) is 24.2 Å². The highest BCUT2D eigenvalue weighted by molar-refractivity contribution is 7.86. The molecule has 4 atom stereocenters. The van der Waals surface area contributed by atoms with Crippen molar-refractivity contribution in [2.45, 2.75) is 161 Å². The number of aromatic nitrogens is 1. The first-order valence-electron chi connectivity index (χ1n) is 21.1. The minimum Gasteiger partial charge on any atom is -0.391 e. The van der Waals surface area contributed by atoms with Gasteiger partial charge in [0.2, 0.25) is 17.7 Å². The molecule has 2 heterocycles. The number of aliphatic hydroxyl groups excluding tert-OH is 1. The summed E-state index contributed by atoms with van der Waals surface area (Å²) in [6, 6.07) is 12.7. The standard InChI is InChI=1S/C45H66N4O7S2/c1-32-20-26-38(27-21-32)58(54,55)56-28-18-16-14-12-10-8-7-9-11-13-15-17-19-40(51)48-42(45(4,5)6)44(53)49-30-37(50)29-39(49)43(52)47-33(2)35-22-24-36(25-23-35)41-34(3)46-31-57-41/h20-27,31,33,37,39,42,50H,7-19,28-30H2,1-6H3,(H,47,52)(H,48,51)/t33-,37+,39-,42+/m0/s1. The van der Waals surface area contributed by atoms with Crippen LogP contribution < -0.4 is 10.6 Å². The number of benzene rings is 2. The lowest BCUT2D eigenvalue weighted by molar-refractivity contribution is -0.144. The Morgan fingerprint density at radius 3 is 1.98 bits per heavy atom. The number of rotatable bonds is 23. The van der Waals surface area contributed by atoms with Crippen molar-refractivity contribution in [1.82, 2.24) is 20.5 Å². The molecule has 3 aromatic rings. The van der Waals surface area contributed by atoms with Crippen LogP contribution in [0.4, 0.5) is 0 Å². The Balaban J connectivity index is 1.09. The van der Waals surface area contributed by atoms with Crippen LogP contribution in [-0.2, 0) is 28.7 Å². The van der Waals surface area contributed by atoms with Crippen molar-refractivity contribution in [2.24, 2.45) is 5.41 Å². The molecule has 1 aliphatic rings. The van der Waals surface area contributed by atoms with Gasteiger partial charge in [0.05, 0.1) is 39.7 Å². The highest BCUT2D eigenvalue weighted by Crippen LogP contribution is 2.30. The normalized spacial score (nSPS) is 16.9. The fourth-order valence-corrected chi connectivity index (χ4v) is 9.10. The van der Waals surface area contributed by atoms with Gasteiger partial charge in [-0.15, -0.1) is 11.3 Å². The van der Waals surface area contributed by atoms with Crippen LogP contribution in [0.2, 0.25) is 0 Å². The molecule has 3 N–H and O–H groups in total. The second-order valence-corrected chi connectivity index (χ2v) is 19.4. The number of aliphatic hydroxyl groups is 1. The first-order chi connectivity index (χ1) is 27.6. The van der Waals surface area contributed by atoms with Crippen molar-refractivity contribution in [3.05, 3.63) is 70.9 Å². The molecule has 320 valence electrons. The average molecular weight is 839 g/mol. The van der Waals surface area contributed by atoms with Gasteiger partial charge >= 0.3 is 0 Å². The third kappa shape index (κ3) is 14.6. The molecule has 13 heteroatoms. The first-order valence-corrected chi connectivity index (χ1v) is 23.4. The van der Waals surface area contributed by atoms with Gasteiger partial charge in [0.1, 0.15) is 12.1 Å². The Hall–Kier alpha value is -3.65. The molecular formula is C45H66N4O7S2. The van der Waals surface area contributed by atoms with Gasteiger partial charge in [-0.3, -0.25) is 18.6 Å². The minimum atomic E-state index is -3.69. The maximum absolute atomic E-state index is 14.0. The highest BCUT2D eigenvalue weighted by atomic mass is 32.2. The summed E-state index contributed by atoms with van der Waals surface area (Å²) in [5, 5.41) is 16.6. The van der Waals surface area contributed by atoms with Gasteiger partial charge in [-0.05, 0) is 62.3 Å². The van der Waals surface area contributed by atoms with Crippen LogP contribution in [0.1, 0.15) is 140 Å². The van der Waals surface area contributed by atoms with E-state index in [2.05, 4.69) is 15.6 Å². The number of likely N-dealkylation sites (tertiary alicyclic amines) is 1. The molecule has 0 spiro atoms. The van der Waals surface area contributed by atoms with Crippen molar-refractivity contribution < 1.29 is 32.1 Å². The Kier molecular flexibility index (Phi) is 18.4. The SMILES string of the molecule is Cc1ccc(S(=O)(=O)OCCCCCCCCCCCCCCC(=O)N[C@H](C(=O)N2C[C@H](O)C[C@H]2C(=O)N[C@@H](C)c2ccc(-c3scnc3C)cc2)C(C)(C)C)cc1. The largest absolute Gasteiger partial charge is 0.391 e. The molecular weight excluding hydrogens is 773 g/mol. The zero-order valence-electron chi connectivity index (χ0n) is 35.4. The zero-order chi connectivity index (χ0) is 42.3. The number of amides is 3. The summed E-state index contributed by atoms with van der Waals surface area (Å²) < 4.78 is 29.7. The maximum atomic E-state index is 14.0. The lowest BCUT2D eigenvalue weighted by Crippen LogP contribution is -2.57. The number of aryl methyl sites for hydroxylation is 2. The van der Waals surface area contributed by atoms with E-state index in [4.69, 9.17) is 4.18 Å². The summed E-state index contributed by atoms with van der Waals surface area (Å²) in [5.41, 5.74) is 5.19. The molecule has 1 saturated heterocycles. The smallest absolute Gasteiger partial charge is 0.296 e. The number of carbonyl (C=O) groups excluding carboxylic acids is 3. The monoisotopic (exact) mass is 838 g/mol. The molecule has 0 unspecified atom stereocenters. The van der Waals surface area contributed by atoms with Crippen LogP contribution in [0.5, 0.6) is 0 Å². The Morgan fingerprint density at radius 2 is 1.43 bits per heavy atom. The molecule has 1 aliphatic heterocycles. The summed E-state index contributed by atoms with van der Waals surface area (Å²) in [6.07, 6.45) is 12.0. The molecule has 0 saturated carbocycles. The lowest BCUT2D eigenvalue weighted by Gasteiger charge is -2.35. The second kappa shape index (κ2) is 22.6. The van der Waals surface area contributed by atoms with Gasteiger partial charge in [0, 0.05) is 19.4 Å². The number of unbranched alkanes of at least 4 members (excludes halogenated alkanes) is 11. The number of hydrogen-bond donors (Lipinski definition) is 3. The summed E-state index contributed by atoms with van der Waals surface area (Å²) in [7, 11) is -3.69. The van der Waals surface area contributed by atoms with Crippen molar-refractivity contribution in [2.75, 3.05) is 13.2 Å².